The number of benzene rings is 1. The Labute approximate surface area is 202 Å². The molecule has 0 unspecified atom stereocenters. The number of rotatable bonds is 5. The molecule has 3 heterocycles. The lowest BCUT2D eigenvalue weighted by molar-refractivity contribution is -0.165. The summed E-state index contributed by atoms with van der Waals surface area (Å²) in [7, 11) is 0. The van der Waals surface area contributed by atoms with Crippen molar-refractivity contribution in [1.29, 1.82) is 0 Å². The van der Waals surface area contributed by atoms with E-state index in [0.717, 1.165) is 16.0 Å². The highest BCUT2D eigenvalue weighted by Gasteiger charge is 2.42. The molecular weight excluding hydrogens is 450 g/mol. The highest BCUT2D eigenvalue weighted by molar-refractivity contribution is 6.06. The number of aryl methyl sites for hydroxylation is 1. The molecule has 0 bridgehead atoms. The number of aromatic nitrogens is 4. The minimum atomic E-state index is -0.975. The molecule has 1 atom stereocenters. The summed E-state index contributed by atoms with van der Waals surface area (Å²) in [6, 6.07) is 4.41. The molecule has 1 fully saturated rings. The molecule has 1 aliphatic rings. The molecule has 10 heteroatoms. The second-order valence-electron chi connectivity index (χ2n) is 9.56. The fourth-order valence-corrected chi connectivity index (χ4v) is 4.07. The molecule has 1 aliphatic heterocycles. The normalized spacial score (nSPS) is 16.1. The van der Waals surface area contributed by atoms with Crippen molar-refractivity contribution in [3.63, 3.8) is 0 Å². The molecule has 0 N–H and O–H groups in total. The molecule has 4 rings (SSSR count). The molecule has 0 saturated carbocycles. The van der Waals surface area contributed by atoms with E-state index in [-0.39, 0.29) is 30.9 Å². The van der Waals surface area contributed by atoms with Crippen molar-refractivity contribution in [1.82, 2.24) is 24.6 Å². The van der Waals surface area contributed by atoms with Gasteiger partial charge in [0.15, 0.2) is 5.78 Å². The summed E-state index contributed by atoms with van der Waals surface area (Å²) in [4.78, 5) is 60.0. The maximum Gasteiger partial charge on any atom is 0.329 e. The minimum Gasteiger partial charge on any atom is -0.458 e. The van der Waals surface area contributed by atoms with Gasteiger partial charge >= 0.3 is 5.97 Å². The van der Waals surface area contributed by atoms with E-state index in [1.165, 1.54) is 11.6 Å². The predicted octanol–water partition coefficient (Wildman–Crippen LogP) is 2.86. The number of ether oxygens (including phenoxy) is 1. The number of likely N-dealkylation sites (tertiary alicyclic amines) is 1. The molecule has 10 nitrogen and oxygen atoms in total. The molecule has 0 aliphatic carbocycles. The van der Waals surface area contributed by atoms with Crippen molar-refractivity contribution >= 4 is 34.5 Å². The molecule has 1 aromatic carbocycles. The lowest BCUT2D eigenvalue weighted by atomic mass is 10.0. The minimum absolute atomic E-state index is 0.0795. The van der Waals surface area contributed by atoms with Crippen LogP contribution in [0.2, 0.25) is 0 Å². The average molecular weight is 478 g/mol. The number of Topliss-reactive ketones (excluding diaryl/α,β-unsaturated/α-hetero) is 1. The van der Waals surface area contributed by atoms with Gasteiger partial charge < -0.3 is 4.74 Å². The van der Waals surface area contributed by atoms with Gasteiger partial charge in [0, 0.05) is 36.7 Å². The zero-order chi connectivity index (χ0) is 25.5. The second kappa shape index (κ2) is 9.01. The summed E-state index contributed by atoms with van der Waals surface area (Å²) in [6.07, 6.45) is 3.68. The summed E-state index contributed by atoms with van der Waals surface area (Å²) < 4.78 is 6.80. The molecule has 0 radical (unpaired) electrons. The lowest BCUT2D eigenvalue weighted by Crippen LogP contribution is -2.46. The van der Waals surface area contributed by atoms with Crippen LogP contribution in [-0.4, -0.2) is 59.9 Å². The van der Waals surface area contributed by atoms with Gasteiger partial charge in [0.25, 0.3) is 5.91 Å². The molecule has 0 spiro atoms. The van der Waals surface area contributed by atoms with Crippen molar-refractivity contribution in [2.24, 2.45) is 0 Å². The van der Waals surface area contributed by atoms with Crippen molar-refractivity contribution in [3.05, 3.63) is 42.1 Å². The largest absolute Gasteiger partial charge is 0.458 e. The number of hydrogen-bond acceptors (Lipinski definition) is 8. The van der Waals surface area contributed by atoms with Crippen molar-refractivity contribution in [3.8, 4) is 11.1 Å². The van der Waals surface area contributed by atoms with E-state index in [9.17, 15) is 19.2 Å². The molecule has 182 valence electrons. The van der Waals surface area contributed by atoms with Crippen molar-refractivity contribution in [2.75, 3.05) is 0 Å². The SMILES string of the molecule is CC(=O)c1nn(CC(=O)N2C(=O)CC[C@H]2C(=O)OC(C)(C)C)c2ccc(-c3cnc(C)nc3)cc12. The third-order valence-corrected chi connectivity index (χ3v) is 5.64. The number of amides is 2. The summed E-state index contributed by atoms with van der Waals surface area (Å²) in [5.41, 5.74) is 1.59. The number of fused-ring (bicyclic) bond motifs is 1. The van der Waals surface area contributed by atoms with Gasteiger partial charge in [0.05, 0.1) is 5.52 Å². The maximum atomic E-state index is 13.2. The Bertz CT molecular complexity index is 1340. The van der Waals surface area contributed by atoms with Crippen LogP contribution in [0.5, 0.6) is 0 Å². The van der Waals surface area contributed by atoms with Gasteiger partial charge in [-0.15, -0.1) is 0 Å². The van der Waals surface area contributed by atoms with Crippen LogP contribution in [0.25, 0.3) is 22.0 Å². The number of esters is 1. The molecule has 35 heavy (non-hydrogen) atoms. The Morgan fingerprint density at radius 2 is 1.80 bits per heavy atom. The van der Waals surface area contributed by atoms with Gasteiger partial charge in [-0.3, -0.25) is 24.0 Å². The average Bonchev–Trinajstić information content (AvgIpc) is 3.33. The highest BCUT2D eigenvalue weighted by atomic mass is 16.6. The molecule has 1 saturated heterocycles. The standard InChI is InChI=1S/C25H27N5O5/c1-14(31)23-18-10-16(17-11-26-15(2)27-12-17)6-7-19(18)29(28-23)13-22(33)30-20(8-9-21(30)32)24(34)35-25(3,4)5/h6-7,10-12,20H,8-9,13H2,1-5H3/t20-/m0/s1. The lowest BCUT2D eigenvalue weighted by Gasteiger charge is -2.26. The zero-order valence-corrected chi connectivity index (χ0v) is 20.4. The van der Waals surface area contributed by atoms with Crippen LogP contribution in [0.1, 0.15) is 56.8 Å². The van der Waals surface area contributed by atoms with Crippen LogP contribution in [0, 0.1) is 6.92 Å². The topological polar surface area (TPSA) is 124 Å². The van der Waals surface area contributed by atoms with E-state index in [0.29, 0.717) is 16.7 Å². The second-order valence-corrected chi connectivity index (χ2v) is 9.56. The van der Waals surface area contributed by atoms with Gasteiger partial charge in [-0.1, -0.05) is 6.07 Å². The van der Waals surface area contributed by atoms with Crippen LogP contribution < -0.4 is 0 Å². The highest BCUT2D eigenvalue weighted by Crippen LogP contribution is 2.28. The third kappa shape index (κ3) is 4.96. The summed E-state index contributed by atoms with van der Waals surface area (Å²) in [5, 5.41) is 4.93. The van der Waals surface area contributed by atoms with E-state index in [4.69, 9.17) is 4.74 Å². The van der Waals surface area contributed by atoms with Crippen LogP contribution in [0.3, 0.4) is 0 Å². The Morgan fingerprint density at radius 1 is 1.11 bits per heavy atom. The van der Waals surface area contributed by atoms with Crippen molar-refractivity contribution < 1.29 is 23.9 Å². The fraction of sp³-hybridized carbons (Fsp3) is 0.400. The van der Waals surface area contributed by atoms with E-state index in [1.54, 1.807) is 52.2 Å². The Kier molecular flexibility index (Phi) is 6.23. The van der Waals surface area contributed by atoms with E-state index in [1.807, 2.05) is 6.07 Å². The van der Waals surface area contributed by atoms with Gasteiger partial charge in [0.2, 0.25) is 5.91 Å². The maximum absolute atomic E-state index is 13.2. The molecule has 3 aromatic rings. The summed E-state index contributed by atoms with van der Waals surface area (Å²) in [6.45, 7) is 8.07. The quantitative estimate of drug-likeness (QED) is 0.406. The first-order valence-corrected chi connectivity index (χ1v) is 11.3. The molecule has 2 amide bonds. The number of ketones is 1. The molecule has 2 aromatic heterocycles. The van der Waals surface area contributed by atoms with Gasteiger partial charge in [-0.05, 0) is 51.8 Å². The Hall–Kier alpha value is -3.95. The Morgan fingerprint density at radius 3 is 2.43 bits per heavy atom. The fourth-order valence-electron chi connectivity index (χ4n) is 4.07. The smallest absolute Gasteiger partial charge is 0.329 e. The Balaban J connectivity index is 1.66. The van der Waals surface area contributed by atoms with E-state index in [2.05, 4.69) is 15.1 Å². The van der Waals surface area contributed by atoms with Crippen molar-refractivity contribution in [2.45, 2.75) is 65.6 Å². The first-order valence-electron chi connectivity index (χ1n) is 11.3. The van der Waals surface area contributed by atoms with Crippen LogP contribution in [-0.2, 0) is 25.7 Å². The number of imide groups is 1. The third-order valence-electron chi connectivity index (χ3n) is 5.64. The predicted molar refractivity (Wildman–Crippen MR) is 126 cm³/mol. The first-order chi connectivity index (χ1) is 16.4. The first kappa shape index (κ1) is 24.2. The number of carbonyl (C=O) groups is 4. The van der Waals surface area contributed by atoms with E-state index >= 15 is 0 Å². The van der Waals surface area contributed by atoms with Crippen LogP contribution in [0.15, 0.2) is 30.6 Å². The summed E-state index contributed by atoms with van der Waals surface area (Å²) in [5.74, 6) is -1.25. The van der Waals surface area contributed by atoms with E-state index < -0.39 is 29.4 Å². The number of nitrogens with zero attached hydrogens (tertiary/aromatic N) is 5. The zero-order valence-electron chi connectivity index (χ0n) is 20.4. The van der Waals surface area contributed by atoms with Gasteiger partial charge in [-0.25, -0.2) is 14.8 Å². The summed E-state index contributed by atoms with van der Waals surface area (Å²) >= 11 is 0. The van der Waals surface area contributed by atoms with Gasteiger partial charge in [0.1, 0.15) is 29.7 Å². The number of carbonyl (C=O) groups excluding carboxylic acids is 4. The van der Waals surface area contributed by atoms with Crippen LogP contribution >= 0.6 is 0 Å². The van der Waals surface area contributed by atoms with Gasteiger partial charge in [-0.2, -0.15) is 5.10 Å². The molecular formula is C25H27N5O5. The monoisotopic (exact) mass is 477 g/mol. The van der Waals surface area contributed by atoms with Crippen LogP contribution in [0.4, 0.5) is 0 Å². The number of hydrogen-bond donors (Lipinski definition) is 0.